The Kier molecular flexibility index (Phi) is 4.94. The molecule has 1 atom stereocenters. The van der Waals surface area contributed by atoms with Gasteiger partial charge in [0.15, 0.2) is 0 Å². The van der Waals surface area contributed by atoms with Crippen LogP contribution in [0.1, 0.15) is 26.2 Å². The number of carboxylic acid groups (broad SMARTS) is 1. The Morgan fingerprint density at radius 3 is 2.60 bits per heavy atom. The molecule has 0 aliphatic carbocycles. The monoisotopic (exact) mass is 145 g/mol. The number of carbonyl (C=O) groups is 1. The van der Waals surface area contributed by atoms with Crippen molar-refractivity contribution in [3.63, 3.8) is 0 Å². The van der Waals surface area contributed by atoms with Crippen LogP contribution in [0.5, 0.6) is 0 Å². The number of rotatable bonds is 5. The van der Waals surface area contributed by atoms with E-state index in [4.69, 9.17) is 10.8 Å². The summed E-state index contributed by atoms with van der Waals surface area (Å²) in [6, 6.07) is 0. The molecule has 0 aliphatic heterocycles. The van der Waals surface area contributed by atoms with Crippen LogP contribution in [0.2, 0.25) is 0 Å². The molecular weight excluding hydrogens is 130 g/mol. The lowest BCUT2D eigenvalue weighted by molar-refractivity contribution is -0.138. The molecule has 3 N–H and O–H groups in total. The van der Waals surface area contributed by atoms with Crippen molar-refractivity contribution in [2.45, 2.75) is 26.2 Å². The maximum absolute atomic E-state index is 10.2. The van der Waals surface area contributed by atoms with Crippen molar-refractivity contribution in [1.82, 2.24) is 0 Å². The van der Waals surface area contributed by atoms with Gasteiger partial charge in [0, 0.05) is 6.42 Å². The zero-order valence-electron chi connectivity index (χ0n) is 6.34. The molecule has 0 spiro atoms. The Bertz CT molecular complexity index is 104. The van der Waals surface area contributed by atoms with Gasteiger partial charge in [-0.1, -0.05) is 13.3 Å². The first kappa shape index (κ1) is 9.43. The molecule has 0 rings (SSSR count). The van der Waals surface area contributed by atoms with Crippen molar-refractivity contribution in [3.05, 3.63) is 0 Å². The maximum atomic E-state index is 10.2. The molecule has 0 fully saturated rings. The first-order chi connectivity index (χ1) is 4.70. The Morgan fingerprint density at radius 1 is 1.70 bits per heavy atom. The Hall–Kier alpha value is -0.570. The third kappa shape index (κ3) is 4.32. The second kappa shape index (κ2) is 5.23. The van der Waals surface area contributed by atoms with Gasteiger partial charge in [-0.25, -0.2) is 0 Å². The summed E-state index contributed by atoms with van der Waals surface area (Å²) < 4.78 is 0. The standard InChI is InChI=1S/C7H15NO2/c1-2-6(3-4-8)5-7(9)10/h6H,2-5,8H2,1H3,(H,9,10). The Labute approximate surface area is 61.2 Å². The molecule has 0 heterocycles. The SMILES string of the molecule is CCC(CCN)CC(=O)O. The van der Waals surface area contributed by atoms with Crippen molar-refractivity contribution in [2.75, 3.05) is 6.54 Å². The van der Waals surface area contributed by atoms with Crippen LogP contribution in [0, 0.1) is 5.92 Å². The van der Waals surface area contributed by atoms with E-state index in [1.165, 1.54) is 0 Å². The van der Waals surface area contributed by atoms with Gasteiger partial charge in [-0.3, -0.25) is 4.79 Å². The predicted octanol–water partition coefficient (Wildman–Crippen LogP) is 0.836. The minimum Gasteiger partial charge on any atom is -0.481 e. The average Bonchev–Trinajstić information content (AvgIpc) is 1.86. The quantitative estimate of drug-likeness (QED) is 0.602. The minimum atomic E-state index is -0.722. The highest BCUT2D eigenvalue weighted by molar-refractivity contribution is 5.66. The topological polar surface area (TPSA) is 63.3 Å². The molecule has 0 aromatic heterocycles. The van der Waals surface area contributed by atoms with Gasteiger partial charge >= 0.3 is 5.97 Å². The van der Waals surface area contributed by atoms with E-state index in [-0.39, 0.29) is 12.3 Å². The normalized spacial score (nSPS) is 13.0. The van der Waals surface area contributed by atoms with Crippen LogP contribution in [-0.2, 0) is 4.79 Å². The van der Waals surface area contributed by atoms with E-state index in [0.717, 1.165) is 12.8 Å². The minimum absolute atomic E-state index is 0.258. The molecule has 0 radical (unpaired) electrons. The third-order valence-corrected chi connectivity index (χ3v) is 1.62. The van der Waals surface area contributed by atoms with Crippen LogP contribution in [0.15, 0.2) is 0 Å². The Balaban J connectivity index is 3.49. The van der Waals surface area contributed by atoms with Crippen molar-refractivity contribution in [1.29, 1.82) is 0 Å². The first-order valence-corrected chi connectivity index (χ1v) is 3.62. The average molecular weight is 145 g/mol. The van der Waals surface area contributed by atoms with Crippen molar-refractivity contribution < 1.29 is 9.90 Å². The van der Waals surface area contributed by atoms with E-state index in [1.54, 1.807) is 0 Å². The molecule has 10 heavy (non-hydrogen) atoms. The summed E-state index contributed by atoms with van der Waals surface area (Å²) in [5.74, 6) is -0.456. The highest BCUT2D eigenvalue weighted by atomic mass is 16.4. The van der Waals surface area contributed by atoms with Gasteiger partial charge in [0.05, 0.1) is 0 Å². The van der Waals surface area contributed by atoms with Crippen molar-refractivity contribution in [3.8, 4) is 0 Å². The second-order valence-corrected chi connectivity index (χ2v) is 2.45. The summed E-state index contributed by atoms with van der Waals surface area (Å²) in [7, 11) is 0. The van der Waals surface area contributed by atoms with E-state index >= 15 is 0 Å². The molecule has 0 amide bonds. The molecule has 60 valence electrons. The summed E-state index contributed by atoms with van der Waals surface area (Å²) >= 11 is 0. The summed E-state index contributed by atoms with van der Waals surface area (Å²) in [5.41, 5.74) is 5.29. The van der Waals surface area contributed by atoms with Gasteiger partial charge in [-0.05, 0) is 18.9 Å². The summed E-state index contributed by atoms with van der Waals surface area (Å²) in [6.45, 7) is 2.58. The van der Waals surface area contributed by atoms with Crippen LogP contribution in [-0.4, -0.2) is 17.6 Å². The van der Waals surface area contributed by atoms with Gasteiger partial charge in [0.2, 0.25) is 0 Å². The molecular formula is C7H15NO2. The third-order valence-electron chi connectivity index (χ3n) is 1.62. The highest BCUT2D eigenvalue weighted by Gasteiger charge is 2.08. The van der Waals surface area contributed by atoms with Crippen LogP contribution in [0.4, 0.5) is 0 Å². The molecule has 0 aromatic carbocycles. The lowest BCUT2D eigenvalue weighted by atomic mass is 9.99. The molecule has 0 saturated heterocycles. The fraction of sp³-hybridized carbons (Fsp3) is 0.857. The second-order valence-electron chi connectivity index (χ2n) is 2.45. The zero-order chi connectivity index (χ0) is 7.98. The predicted molar refractivity (Wildman–Crippen MR) is 39.7 cm³/mol. The molecule has 0 saturated carbocycles. The van der Waals surface area contributed by atoms with Crippen molar-refractivity contribution >= 4 is 5.97 Å². The largest absolute Gasteiger partial charge is 0.481 e. The van der Waals surface area contributed by atoms with E-state index in [2.05, 4.69) is 0 Å². The lowest BCUT2D eigenvalue weighted by Gasteiger charge is -2.08. The number of nitrogens with two attached hydrogens (primary N) is 1. The summed E-state index contributed by atoms with van der Waals surface area (Å²) in [5, 5.41) is 8.40. The zero-order valence-corrected chi connectivity index (χ0v) is 6.34. The summed E-state index contributed by atoms with van der Waals surface area (Å²) in [6.07, 6.45) is 1.99. The fourth-order valence-electron chi connectivity index (χ4n) is 0.933. The first-order valence-electron chi connectivity index (χ1n) is 3.62. The van der Waals surface area contributed by atoms with Gasteiger partial charge in [0.1, 0.15) is 0 Å². The van der Waals surface area contributed by atoms with Crippen LogP contribution >= 0.6 is 0 Å². The van der Waals surface area contributed by atoms with Gasteiger partial charge < -0.3 is 10.8 Å². The molecule has 3 heteroatoms. The van der Waals surface area contributed by atoms with Crippen LogP contribution < -0.4 is 5.73 Å². The van der Waals surface area contributed by atoms with Gasteiger partial charge in [0.25, 0.3) is 0 Å². The number of hydrogen-bond donors (Lipinski definition) is 2. The smallest absolute Gasteiger partial charge is 0.303 e. The molecule has 0 aromatic rings. The summed E-state index contributed by atoms with van der Waals surface area (Å²) in [4.78, 5) is 10.2. The lowest BCUT2D eigenvalue weighted by Crippen LogP contribution is -2.11. The van der Waals surface area contributed by atoms with Crippen LogP contribution in [0.25, 0.3) is 0 Å². The van der Waals surface area contributed by atoms with E-state index in [9.17, 15) is 4.79 Å². The van der Waals surface area contributed by atoms with E-state index in [0.29, 0.717) is 6.54 Å². The number of hydrogen-bond acceptors (Lipinski definition) is 2. The molecule has 3 nitrogen and oxygen atoms in total. The maximum Gasteiger partial charge on any atom is 0.303 e. The van der Waals surface area contributed by atoms with Gasteiger partial charge in [-0.15, -0.1) is 0 Å². The number of aliphatic carboxylic acids is 1. The van der Waals surface area contributed by atoms with Crippen molar-refractivity contribution in [2.24, 2.45) is 11.7 Å². The fourth-order valence-corrected chi connectivity index (χ4v) is 0.933. The molecule has 1 unspecified atom stereocenters. The van der Waals surface area contributed by atoms with Gasteiger partial charge in [-0.2, -0.15) is 0 Å². The Morgan fingerprint density at radius 2 is 2.30 bits per heavy atom. The highest BCUT2D eigenvalue weighted by Crippen LogP contribution is 2.11. The number of carboxylic acids is 1. The van der Waals surface area contributed by atoms with E-state index < -0.39 is 5.97 Å². The van der Waals surface area contributed by atoms with Crippen LogP contribution in [0.3, 0.4) is 0 Å². The molecule has 0 aliphatic rings. The van der Waals surface area contributed by atoms with E-state index in [1.807, 2.05) is 6.92 Å². The molecule has 0 bridgehead atoms.